The SMILES string of the molecule is COC(=O)c1ccc2c3ccccc3n(-c3ccsc3)c2c1. The Kier molecular flexibility index (Phi) is 2.98. The first-order valence-corrected chi connectivity index (χ1v) is 7.88. The fraction of sp³-hybridized carbons (Fsp3) is 0.0556. The quantitative estimate of drug-likeness (QED) is 0.505. The second-order valence-corrected chi connectivity index (χ2v) is 5.84. The Labute approximate surface area is 131 Å². The number of thiophene rings is 1. The maximum Gasteiger partial charge on any atom is 0.337 e. The second-order valence-electron chi connectivity index (χ2n) is 5.06. The third-order valence-corrected chi connectivity index (χ3v) is 4.53. The maximum atomic E-state index is 11.8. The van der Waals surface area contributed by atoms with E-state index in [2.05, 4.69) is 33.5 Å². The van der Waals surface area contributed by atoms with Gasteiger partial charge in [0.05, 0.1) is 29.4 Å². The molecule has 2 aromatic heterocycles. The van der Waals surface area contributed by atoms with E-state index in [1.807, 2.05) is 30.3 Å². The second kappa shape index (κ2) is 5.00. The predicted octanol–water partition coefficient (Wildman–Crippen LogP) is 4.63. The van der Waals surface area contributed by atoms with Crippen molar-refractivity contribution < 1.29 is 9.53 Å². The number of methoxy groups -OCH3 is 1. The number of nitrogens with zero attached hydrogens (tertiary/aromatic N) is 1. The van der Waals surface area contributed by atoms with Crippen LogP contribution in [0.25, 0.3) is 27.5 Å². The van der Waals surface area contributed by atoms with Gasteiger partial charge in [-0.05, 0) is 29.6 Å². The van der Waals surface area contributed by atoms with Crippen molar-refractivity contribution in [1.29, 1.82) is 0 Å². The molecule has 2 aromatic carbocycles. The number of benzene rings is 2. The molecule has 0 saturated carbocycles. The molecule has 4 rings (SSSR count). The van der Waals surface area contributed by atoms with E-state index in [4.69, 9.17) is 4.74 Å². The van der Waals surface area contributed by atoms with Crippen molar-refractivity contribution in [2.45, 2.75) is 0 Å². The van der Waals surface area contributed by atoms with Gasteiger partial charge in [0.25, 0.3) is 0 Å². The zero-order valence-corrected chi connectivity index (χ0v) is 12.8. The lowest BCUT2D eigenvalue weighted by Gasteiger charge is -2.05. The first-order valence-electron chi connectivity index (χ1n) is 6.93. The van der Waals surface area contributed by atoms with Gasteiger partial charge < -0.3 is 9.30 Å². The Morgan fingerprint density at radius 1 is 1.05 bits per heavy atom. The molecule has 0 aliphatic rings. The number of rotatable bonds is 2. The number of ether oxygens (including phenoxy) is 1. The van der Waals surface area contributed by atoms with E-state index in [1.165, 1.54) is 12.5 Å². The molecule has 0 fully saturated rings. The number of fused-ring (bicyclic) bond motifs is 3. The summed E-state index contributed by atoms with van der Waals surface area (Å²) in [5.74, 6) is -0.316. The summed E-state index contributed by atoms with van der Waals surface area (Å²) in [7, 11) is 1.40. The molecule has 0 aliphatic heterocycles. The Morgan fingerprint density at radius 3 is 2.64 bits per heavy atom. The highest BCUT2D eigenvalue weighted by atomic mass is 32.1. The molecule has 4 aromatic rings. The summed E-state index contributed by atoms with van der Waals surface area (Å²) in [5.41, 5.74) is 3.83. The first kappa shape index (κ1) is 13.1. The fourth-order valence-corrected chi connectivity index (χ4v) is 3.50. The van der Waals surface area contributed by atoms with Gasteiger partial charge in [-0.2, -0.15) is 11.3 Å². The Hall–Kier alpha value is -2.59. The minimum Gasteiger partial charge on any atom is -0.465 e. The summed E-state index contributed by atoms with van der Waals surface area (Å²) in [6, 6.07) is 16.1. The minimum absolute atomic E-state index is 0.316. The van der Waals surface area contributed by atoms with Gasteiger partial charge in [0, 0.05) is 16.2 Å². The topological polar surface area (TPSA) is 31.2 Å². The lowest BCUT2D eigenvalue weighted by Crippen LogP contribution is -2.01. The number of hydrogen-bond acceptors (Lipinski definition) is 3. The molecule has 22 heavy (non-hydrogen) atoms. The highest BCUT2D eigenvalue weighted by Gasteiger charge is 2.14. The average Bonchev–Trinajstić information content (AvgIpc) is 3.18. The molecule has 0 bridgehead atoms. The van der Waals surface area contributed by atoms with Crippen LogP contribution in [0.1, 0.15) is 10.4 Å². The molecule has 0 aliphatic carbocycles. The van der Waals surface area contributed by atoms with E-state index in [1.54, 1.807) is 11.3 Å². The van der Waals surface area contributed by atoms with Crippen LogP contribution in [0.5, 0.6) is 0 Å². The number of carbonyl (C=O) groups excluding carboxylic acids is 1. The summed E-state index contributed by atoms with van der Waals surface area (Å²) >= 11 is 1.66. The van der Waals surface area contributed by atoms with Crippen molar-refractivity contribution in [3.63, 3.8) is 0 Å². The number of aromatic nitrogens is 1. The van der Waals surface area contributed by atoms with Gasteiger partial charge >= 0.3 is 5.97 Å². The van der Waals surface area contributed by atoms with Crippen molar-refractivity contribution in [2.24, 2.45) is 0 Å². The summed E-state index contributed by atoms with van der Waals surface area (Å²) in [5, 5.41) is 6.48. The third kappa shape index (κ3) is 1.84. The average molecular weight is 307 g/mol. The van der Waals surface area contributed by atoms with Gasteiger partial charge in [-0.15, -0.1) is 0 Å². The van der Waals surface area contributed by atoms with E-state index in [9.17, 15) is 4.79 Å². The summed E-state index contributed by atoms with van der Waals surface area (Å²) in [4.78, 5) is 11.8. The summed E-state index contributed by atoms with van der Waals surface area (Å²) in [6.45, 7) is 0. The van der Waals surface area contributed by atoms with Crippen molar-refractivity contribution in [2.75, 3.05) is 7.11 Å². The van der Waals surface area contributed by atoms with Crippen LogP contribution >= 0.6 is 11.3 Å². The molecule has 0 amide bonds. The molecule has 0 N–H and O–H groups in total. The minimum atomic E-state index is -0.316. The van der Waals surface area contributed by atoms with Crippen molar-refractivity contribution >= 4 is 39.1 Å². The van der Waals surface area contributed by atoms with Gasteiger partial charge in [-0.25, -0.2) is 4.79 Å². The monoisotopic (exact) mass is 307 g/mol. The van der Waals surface area contributed by atoms with E-state index < -0.39 is 0 Å². The number of carbonyl (C=O) groups is 1. The van der Waals surface area contributed by atoms with E-state index in [0.717, 1.165) is 22.1 Å². The lowest BCUT2D eigenvalue weighted by molar-refractivity contribution is 0.0601. The van der Waals surface area contributed by atoms with Crippen LogP contribution in [0.15, 0.2) is 59.3 Å². The molecule has 3 nitrogen and oxygen atoms in total. The Bertz CT molecular complexity index is 983. The molecule has 0 atom stereocenters. The van der Waals surface area contributed by atoms with Crippen LogP contribution in [0, 0.1) is 0 Å². The number of esters is 1. The van der Waals surface area contributed by atoms with Crippen LogP contribution in [0.2, 0.25) is 0 Å². The van der Waals surface area contributed by atoms with Gasteiger partial charge in [0.15, 0.2) is 0 Å². The van der Waals surface area contributed by atoms with Crippen molar-refractivity contribution in [1.82, 2.24) is 4.57 Å². The Morgan fingerprint density at radius 2 is 1.86 bits per heavy atom. The molecular formula is C18H13NO2S. The standard InChI is InChI=1S/C18H13NO2S/c1-21-18(20)12-6-7-15-14-4-2-3-5-16(14)19(17(15)10-12)13-8-9-22-11-13/h2-11H,1H3. The normalized spacial score (nSPS) is 11.1. The molecule has 4 heteroatoms. The molecular weight excluding hydrogens is 294 g/mol. The smallest absolute Gasteiger partial charge is 0.337 e. The predicted molar refractivity (Wildman–Crippen MR) is 90.0 cm³/mol. The summed E-state index contributed by atoms with van der Waals surface area (Å²) in [6.07, 6.45) is 0. The molecule has 0 spiro atoms. The van der Waals surface area contributed by atoms with Gasteiger partial charge in [-0.3, -0.25) is 0 Å². The lowest BCUT2D eigenvalue weighted by atomic mass is 10.1. The van der Waals surface area contributed by atoms with E-state index >= 15 is 0 Å². The first-order chi connectivity index (χ1) is 10.8. The van der Waals surface area contributed by atoms with Gasteiger partial charge in [-0.1, -0.05) is 24.3 Å². The molecule has 108 valence electrons. The van der Waals surface area contributed by atoms with Crippen molar-refractivity contribution in [3.05, 3.63) is 64.9 Å². The molecule has 0 radical (unpaired) electrons. The highest BCUT2D eigenvalue weighted by molar-refractivity contribution is 7.08. The third-order valence-electron chi connectivity index (χ3n) is 3.86. The zero-order valence-electron chi connectivity index (χ0n) is 11.9. The van der Waals surface area contributed by atoms with Gasteiger partial charge in [0.1, 0.15) is 0 Å². The van der Waals surface area contributed by atoms with E-state index in [0.29, 0.717) is 5.56 Å². The fourth-order valence-electron chi connectivity index (χ4n) is 2.88. The highest BCUT2D eigenvalue weighted by Crippen LogP contribution is 2.33. The molecule has 2 heterocycles. The van der Waals surface area contributed by atoms with Gasteiger partial charge in [0.2, 0.25) is 0 Å². The largest absolute Gasteiger partial charge is 0.465 e. The van der Waals surface area contributed by atoms with Crippen LogP contribution in [-0.2, 0) is 4.74 Å². The van der Waals surface area contributed by atoms with Crippen LogP contribution in [-0.4, -0.2) is 17.6 Å². The maximum absolute atomic E-state index is 11.8. The molecule has 0 unspecified atom stereocenters. The Balaban J connectivity index is 2.14. The number of para-hydroxylation sites is 1. The van der Waals surface area contributed by atoms with Crippen molar-refractivity contribution in [3.8, 4) is 5.69 Å². The van der Waals surface area contributed by atoms with Crippen LogP contribution in [0.3, 0.4) is 0 Å². The molecule has 0 saturated heterocycles. The van der Waals surface area contributed by atoms with E-state index in [-0.39, 0.29) is 5.97 Å². The number of hydrogen-bond donors (Lipinski definition) is 0. The van der Waals surface area contributed by atoms with Crippen LogP contribution in [0.4, 0.5) is 0 Å². The summed E-state index contributed by atoms with van der Waals surface area (Å²) < 4.78 is 7.03. The zero-order chi connectivity index (χ0) is 15.1. The van der Waals surface area contributed by atoms with Crippen LogP contribution < -0.4 is 0 Å².